The fourth-order valence-corrected chi connectivity index (χ4v) is 2.35. The zero-order chi connectivity index (χ0) is 18.3. The molecule has 1 aromatic heterocycles. The van der Waals surface area contributed by atoms with E-state index in [0.29, 0.717) is 25.0 Å². The summed E-state index contributed by atoms with van der Waals surface area (Å²) in [4.78, 5) is 16.1. The summed E-state index contributed by atoms with van der Waals surface area (Å²) in [6, 6.07) is 0.411. The van der Waals surface area contributed by atoms with E-state index in [1.807, 2.05) is 14.0 Å². The van der Waals surface area contributed by atoms with E-state index < -0.39 is 5.60 Å². The predicted octanol–water partition coefficient (Wildman–Crippen LogP) is 0.242. The zero-order valence-corrected chi connectivity index (χ0v) is 15.4. The molecule has 140 valence electrons. The van der Waals surface area contributed by atoms with Crippen LogP contribution >= 0.6 is 0 Å². The minimum atomic E-state index is -1.08. The Morgan fingerprint density at radius 1 is 1.48 bits per heavy atom. The van der Waals surface area contributed by atoms with Gasteiger partial charge in [0.15, 0.2) is 5.96 Å². The first-order chi connectivity index (χ1) is 11.9. The van der Waals surface area contributed by atoms with Crippen molar-refractivity contribution in [3.8, 4) is 0 Å². The Morgan fingerprint density at radius 2 is 2.24 bits per heavy atom. The number of aryl methyl sites for hydroxylation is 1. The lowest BCUT2D eigenvalue weighted by Crippen LogP contribution is -2.39. The summed E-state index contributed by atoms with van der Waals surface area (Å²) in [5.74, 6) is 0.750. The number of aliphatic hydroxyl groups is 1. The summed E-state index contributed by atoms with van der Waals surface area (Å²) in [5.41, 5.74) is -0.354. The lowest BCUT2D eigenvalue weighted by atomic mass is 10.0. The minimum absolute atomic E-state index is 0.116. The first kappa shape index (κ1) is 19.2. The zero-order valence-electron chi connectivity index (χ0n) is 15.4. The molecule has 0 aliphatic heterocycles. The summed E-state index contributed by atoms with van der Waals surface area (Å²) in [5, 5.41) is 24.0. The monoisotopic (exact) mass is 350 g/mol. The summed E-state index contributed by atoms with van der Waals surface area (Å²) < 4.78 is 1.66. The highest BCUT2D eigenvalue weighted by Gasteiger charge is 2.25. The number of rotatable bonds is 9. The lowest BCUT2D eigenvalue weighted by Gasteiger charge is -2.20. The van der Waals surface area contributed by atoms with Crippen LogP contribution in [0.1, 0.15) is 45.1 Å². The standard InChI is InChI=1S/C17H30N6O2/c1-4-18-16(19-9-5-6-15(24)22-14-7-8-14)20-12-17(2,25)13-10-21-23(3)11-13/h10-11,14,25H,4-9,12H2,1-3H3,(H,22,24)(H2,18,19,20). The number of nitrogens with zero attached hydrogens (tertiary/aromatic N) is 3. The molecule has 1 atom stereocenters. The summed E-state index contributed by atoms with van der Waals surface area (Å²) in [6.45, 7) is 5.30. The van der Waals surface area contributed by atoms with E-state index >= 15 is 0 Å². The normalized spacial score (nSPS) is 17.0. The van der Waals surface area contributed by atoms with E-state index in [0.717, 1.165) is 31.4 Å². The van der Waals surface area contributed by atoms with Crippen molar-refractivity contribution in [3.05, 3.63) is 18.0 Å². The minimum Gasteiger partial charge on any atom is -0.383 e. The van der Waals surface area contributed by atoms with Gasteiger partial charge in [0.05, 0.1) is 12.7 Å². The van der Waals surface area contributed by atoms with Gasteiger partial charge in [-0.05, 0) is 33.1 Å². The van der Waals surface area contributed by atoms with Gasteiger partial charge in [0.25, 0.3) is 0 Å². The van der Waals surface area contributed by atoms with Crippen molar-refractivity contribution in [1.29, 1.82) is 0 Å². The fraction of sp³-hybridized carbons (Fsp3) is 0.706. The average Bonchev–Trinajstić information content (AvgIpc) is 3.25. The van der Waals surface area contributed by atoms with Crippen LogP contribution in [0.3, 0.4) is 0 Å². The number of nitrogens with one attached hydrogen (secondary N) is 3. The average molecular weight is 350 g/mol. The van der Waals surface area contributed by atoms with Crippen molar-refractivity contribution >= 4 is 11.9 Å². The maximum absolute atomic E-state index is 11.7. The van der Waals surface area contributed by atoms with Crippen LogP contribution in [0, 0.1) is 0 Å². The van der Waals surface area contributed by atoms with Crippen molar-refractivity contribution in [2.45, 2.75) is 51.2 Å². The number of aliphatic imine (C=N–C) groups is 1. The Bertz CT molecular complexity index is 592. The largest absolute Gasteiger partial charge is 0.383 e. The second kappa shape index (κ2) is 8.84. The Labute approximate surface area is 149 Å². The number of hydrogen-bond donors (Lipinski definition) is 4. The lowest BCUT2D eigenvalue weighted by molar-refractivity contribution is -0.121. The molecule has 1 unspecified atom stereocenters. The highest BCUT2D eigenvalue weighted by Crippen LogP contribution is 2.20. The number of amides is 1. The van der Waals surface area contributed by atoms with Gasteiger partial charge in [-0.2, -0.15) is 5.10 Å². The second-order valence-corrected chi connectivity index (χ2v) is 6.74. The van der Waals surface area contributed by atoms with Gasteiger partial charge >= 0.3 is 0 Å². The third-order valence-electron chi connectivity index (χ3n) is 4.03. The van der Waals surface area contributed by atoms with Gasteiger partial charge < -0.3 is 21.1 Å². The number of hydrogen-bond acceptors (Lipinski definition) is 4. The van der Waals surface area contributed by atoms with Crippen molar-refractivity contribution < 1.29 is 9.90 Å². The smallest absolute Gasteiger partial charge is 0.220 e. The second-order valence-electron chi connectivity index (χ2n) is 6.74. The van der Waals surface area contributed by atoms with Gasteiger partial charge in [-0.1, -0.05) is 0 Å². The van der Waals surface area contributed by atoms with E-state index in [-0.39, 0.29) is 12.5 Å². The maximum Gasteiger partial charge on any atom is 0.220 e. The Balaban J connectivity index is 1.77. The number of carbonyl (C=O) groups is 1. The summed E-state index contributed by atoms with van der Waals surface area (Å²) >= 11 is 0. The summed E-state index contributed by atoms with van der Waals surface area (Å²) in [6.07, 6.45) is 6.90. The van der Waals surface area contributed by atoms with Crippen LogP contribution < -0.4 is 16.0 Å². The molecule has 0 bridgehead atoms. The number of guanidine groups is 1. The highest BCUT2D eigenvalue weighted by molar-refractivity contribution is 5.80. The van der Waals surface area contributed by atoms with Crippen molar-refractivity contribution in [3.63, 3.8) is 0 Å². The van der Waals surface area contributed by atoms with Gasteiger partial charge in [0.2, 0.25) is 5.91 Å². The van der Waals surface area contributed by atoms with Gasteiger partial charge in [0, 0.05) is 44.4 Å². The van der Waals surface area contributed by atoms with Crippen LogP contribution in [0.15, 0.2) is 17.4 Å². The molecule has 1 amide bonds. The third kappa shape index (κ3) is 6.74. The molecule has 1 aromatic rings. The molecular weight excluding hydrogens is 320 g/mol. The Morgan fingerprint density at radius 3 is 2.84 bits per heavy atom. The Hall–Kier alpha value is -2.09. The first-order valence-electron chi connectivity index (χ1n) is 8.94. The van der Waals surface area contributed by atoms with Crippen LogP contribution in [0.2, 0.25) is 0 Å². The topological polar surface area (TPSA) is 104 Å². The van der Waals surface area contributed by atoms with E-state index in [1.165, 1.54) is 0 Å². The van der Waals surface area contributed by atoms with Crippen LogP contribution in [-0.2, 0) is 17.4 Å². The first-order valence-corrected chi connectivity index (χ1v) is 8.94. The molecule has 1 saturated carbocycles. The van der Waals surface area contributed by atoms with Crippen molar-refractivity contribution in [2.24, 2.45) is 12.0 Å². The van der Waals surface area contributed by atoms with Crippen LogP contribution in [0.5, 0.6) is 0 Å². The van der Waals surface area contributed by atoms with E-state index in [1.54, 1.807) is 24.0 Å². The number of aromatic nitrogens is 2. The maximum atomic E-state index is 11.7. The molecule has 1 aliphatic rings. The molecule has 25 heavy (non-hydrogen) atoms. The molecule has 4 N–H and O–H groups in total. The van der Waals surface area contributed by atoms with Crippen LogP contribution in [0.25, 0.3) is 0 Å². The van der Waals surface area contributed by atoms with E-state index in [4.69, 9.17) is 0 Å². The summed E-state index contributed by atoms with van der Waals surface area (Å²) in [7, 11) is 1.81. The molecular formula is C17H30N6O2. The predicted molar refractivity (Wildman–Crippen MR) is 97.2 cm³/mol. The van der Waals surface area contributed by atoms with Crippen LogP contribution in [0.4, 0.5) is 0 Å². The SMILES string of the molecule is CCNC(=NCC(C)(O)c1cnn(C)c1)NCCCC(=O)NC1CC1. The molecule has 0 aromatic carbocycles. The highest BCUT2D eigenvalue weighted by atomic mass is 16.3. The molecule has 0 spiro atoms. The fourth-order valence-electron chi connectivity index (χ4n) is 2.35. The molecule has 8 heteroatoms. The van der Waals surface area contributed by atoms with Gasteiger partial charge in [-0.15, -0.1) is 0 Å². The molecule has 0 saturated heterocycles. The van der Waals surface area contributed by atoms with Gasteiger partial charge in [0.1, 0.15) is 5.60 Å². The molecule has 1 fully saturated rings. The van der Waals surface area contributed by atoms with Gasteiger partial charge in [-0.25, -0.2) is 4.99 Å². The third-order valence-corrected chi connectivity index (χ3v) is 4.03. The molecule has 2 rings (SSSR count). The van der Waals surface area contributed by atoms with Crippen LogP contribution in [-0.4, -0.2) is 52.4 Å². The molecule has 0 radical (unpaired) electrons. The Kier molecular flexibility index (Phi) is 6.81. The quantitative estimate of drug-likeness (QED) is 0.290. The molecule has 1 heterocycles. The van der Waals surface area contributed by atoms with E-state index in [2.05, 4.69) is 26.0 Å². The van der Waals surface area contributed by atoms with E-state index in [9.17, 15) is 9.90 Å². The van der Waals surface area contributed by atoms with Crippen molar-refractivity contribution in [2.75, 3.05) is 19.6 Å². The van der Waals surface area contributed by atoms with Crippen molar-refractivity contribution in [1.82, 2.24) is 25.7 Å². The van der Waals surface area contributed by atoms with Gasteiger partial charge in [-0.3, -0.25) is 9.48 Å². The number of carbonyl (C=O) groups excluding carboxylic acids is 1. The molecule has 1 aliphatic carbocycles. The molecule has 8 nitrogen and oxygen atoms in total.